The highest BCUT2D eigenvalue weighted by Gasteiger charge is 2.57. The van der Waals surface area contributed by atoms with Crippen molar-refractivity contribution < 1.29 is 18.3 Å². The largest absolute Gasteiger partial charge is 0.422 e. The number of rotatable bonds is 2. The molecule has 0 amide bonds. The van der Waals surface area contributed by atoms with Crippen molar-refractivity contribution in [1.82, 2.24) is 4.98 Å². The number of fused-ring (bicyclic) bond motifs is 1. The Labute approximate surface area is 107 Å². The first kappa shape index (κ1) is 13.8. The summed E-state index contributed by atoms with van der Waals surface area (Å²) in [5, 5.41) is 10.7. The summed E-state index contributed by atoms with van der Waals surface area (Å²) in [4.78, 5) is 3.98. The van der Waals surface area contributed by atoms with E-state index in [1.807, 2.05) is 0 Å². The zero-order valence-electron chi connectivity index (χ0n) is 10.1. The van der Waals surface area contributed by atoms with Gasteiger partial charge in [0.15, 0.2) is 0 Å². The number of alkyl halides is 3. The van der Waals surface area contributed by atoms with E-state index in [2.05, 4.69) is 4.98 Å². The Bertz CT molecular complexity index is 598. The van der Waals surface area contributed by atoms with Crippen molar-refractivity contribution in [2.75, 3.05) is 0 Å². The van der Waals surface area contributed by atoms with Crippen LogP contribution in [0.25, 0.3) is 10.9 Å². The number of hydrogen-bond donors (Lipinski definition) is 2. The van der Waals surface area contributed by atoms with Crippen LogP contribution in [0.15, 0.2) is 36.5 Å². The fraction of sp³-hybridized carbons (Fsp3) is 0.308. The Morgan fingerprint density at radius 2 is 1.95 bits per heavy atom. The second-order valence-electron chi connectivity index (χ2n) is 4.46. The van der Waals surface area contributed by atoms with Gasteiger partial charge in [-0.1, -0.05) is 18.2 Å². The Morgan fingerprint density at radius 3 is 2.53 bits per heavy atom. The molecule has 6 heteroatoms. The van der Waals surface area contributed by atoms with E-state index in [1.54, 1.807) is 12.1 Å². The minimum Gasteiger partial charge on any atom is -0.375 e. The zero-order chi connectivity index (χ0) is 14.3. The summed E-state index contributed by atoms with van der Waals surface area (Å²) in [6, 6.07) is 5.84. The maximum absolute atomic E-state index is 13.1. The quantitative estimate of drug-likeness (QED) is 0.880. The van der Waals surface area contributed by atoms with Gasteiger partial charge in [0.25, 0.3) is 0 Å². The zero-order valence-corrected chi connectivity index (χ0v) is 10.1. The summed E-state index contributed by atoms with van der Waals surface area (Å²) in [7, 11) is 0. The maximum Gasteiger partial charge on any atom is 0.422 e. The van der Waals surface area contributed by atoms with Gasteiger partial charge in [0.05, 0.1) is 5.52 Å². The van der Waals surface area contributed by atoms with Crippen molar-refractivity contribution in [3.8, 4) is 0 Å². The second kappa shape index (κ2) is 4.47. The first-order valence-electron chi connectivity index (χ1n) is 5.67. The molecule has 1 aromatic heterocycles. The third-order valence-electron chi connectivity index (χ3n) is 3.14. The molecular formula is C13H13F3N2O. The fourth-order valence-corrected chi connectivity index (χ4v) is 1.99. The van der Waals surface area contributed by atoms with Gasteiger partial charge >= 0.3 is 6.18 Å². The van der Waals surface area contributed by atoms with Crippen LogP contribution >= 0.6 is 0 Å². The van der Waals surface area contributed by atoms with E-state index < -0.39 is 17.8 Å². The molecule has 2 aromatic rings. The molecule has 0 spiro atoms. The summed E-state index contributed by atoms with van der Waals surface area (Å²) in [5.74, 6) is 0. The average Bonchev–Trinajstić information content (AvgIpc) is 2.35. The first-order valence-corrected chi connectivity index (χ1v) is 5.67. The van der Waals surface area contributed by atoms with Gasteiger partial charge < -0.3 is 10.8 Å². The van der Waals surface area contributed by atoms with Gasteiger partial charge in [-0.25, -0.2) is 0 Å². The predicted octanol–water partition coefficient (Wildman–Crippen LogP) is 2.33. The van der Waals surface area contributed by atoms with Crippen LogP contribution in [-0.4, -0.2) is 22.3 Å². The lowest BCUT2D eigenvalue weighted by Crippen LogP contribution is -2.54. The molecular weight excluding hydrogens is 257 g/mol. The smallest absolute Gasteiger partial charge is 0.375 e. The van der Waals surface area contributed by atoms with E-state index in [-0.39, 0.29) is 5.56 Å². The molecule has 2 rings (SSSR count). The van der Waals surface area contributed by atoms with E-state index >= 15 is 0 Å². The molecule has 0 aliphatic carbocycles. The highest BCUT2D eigenvalue weighted by atomic mass is 19.4. The Balaban J connectivity index is 2.64. The number of nitrogens with zero attached hydrogens (tertiary/aromatic N) is 1. The van der Waals surface area contributed by atoms with Crippen LogP contribution in [-0.2, 0) is 5.60 Å². The lowest BCUT2D eigenvalue weighted by atomic mass is 9.86. The number of aromatic nitrogens is 1. The van der Waals surface area contributed by atoms with Crippen molar-refractivity contribution in [2.45, 2.75) is 24.7 Å². The van der Waals surface area contributed by atoms with E-state index in [4.69, 9.17) is 5.73 Å². The molecule has 0 saturated carbocycles. The van der Waals surface area contributed by atoms with Gasteiger partial charge in [-0.2, -0.15) is 13.2 Å². The topological polar surface area (TPSA) is 59.1 Å². The van der Waals surface area contributed by atoms with Crippen LogP contribution in [0, 0.1) is 0 Å². The van der Waals surface area contributed by atoms with Crippen LogP contribution in [0.2, 0.25) is 0 Å². The highest BCUT2D eigenvalue weighted by molar-refractivity contribution is 5.79. The average molecular weight is 270 g/mol. The van der Waals surface area contributed by atoms with Crippen LogP contribution < -0.4 is 5.73 Å². The van der Waals surface area contributed by atoms with E-state index in [0.29, 0.717) is 10.9 Å². The number of hydrogen-bond acceptors (Lipinski definition) is 3. The normalized spacial score (nSPS) is 17.2. The monoisotopic (exact) mass is 270 g/mol. The molecule has 2 unspecified atom stereocenters. The summed E-state index contributed by atoms with van der Waals surface area (Å²) < 4.78 is 39.3. The first-order chi connectivity index (χ1) is 8.76. The lowest BCUT2D eigenvalue weighted by molar-refractivity contribution is -0.272. The lowest BCUT2D eigenvalue weighted by Gasteiger charge is -2.34. The van der Waals surface area contributed by atoms with Gasteiger partial charge in [0.2, 0.25) is 5.60 Å². The number of halogens is 3. The molecule has 3 nitrogen and oxygen atoms in total. The molecule has 3 N–H and O–H groups in total. The van der Waals surface area contributed by atoms with E-state index in [0.717, 1.165) is 6.92 Å². The Hall–Kier alpha value is -1.66. The summed E-state index contributed by atoms with van der Waals surface area (Å²) in [6.45, 7) is 1.12. The van der Waals surface area contributed by atoms with Gasteiger partial charge in [0.1, 0.15) is 0 Å². The number of benzene rings is 1. The molecule has 1 heterocycles. The number of nitrogens with two attached hydrogens (primary N) is 1. The number of pyridine rings is 1. The van der Waals surface area contributed by atoms with Gasteiger partial charge in [0, 0.05) is 17.6 Å². The summed E-state index contributed by atoms with van der Waals surface area (Å²) in [5.41, 5.74) is 2.33. The molecule has 102 valence electrons. The van der Waals surface area contributed by atoms with E-state index in [1.165, 1.54) is 24.4 Å². The molecule has 0 aliphatic rings. The Kier molecular flexibility index (Phi) is 3.24. The van der Waals surface area contributed by atoms with Crippen molar-refractivity contribution in [1.29, 1.82) is 0 Å². The summed E-state index contributed by atoms with van der Waals surface area (Å²) >= 11 is 0. The minimum absolute atomic E-state index is 0.304. The van der Waals surface area contributed by atoms with E-state index in [9.17, 15) is 18.3 Å². The van der Waals surface area contributed by atoms with Crippen LogP contribution in [0.3, 0.4) is 0 Å². The summed E-state index contributed by atoms with van der Waals surface area (Å²) in [6.07, 6.45) is -3.38. The van der Waals surface area contributed by atoms with Crippen molar-refractivity contribution in [3.63, 3.8) is 0 Å². The molecule has 0 bridgehead atoms. The molecule has 0 fully saturated rings. The molecule has 2 atom stereocenters. The molecule has 0 saturated heterocycles. The number of aliphatic hydroxyl groups is 1. The third-order valence-corrected chi connectivity index (χ3v) is 3.14. The van der Waals surface area contributed by atoms with Gasteiger partial charge in [-0.05, 0) is 24.6 Å². The molecule has 0 aliphatic heterocycles. The highest BCUT2D eigenvalue weighted by Crippen LogP contribution is 2.41. The maximum atomic E-state index is 13.1. The van der Waals surface area contributed by atoms with Crippen molar-refractivity contribution >= 4 is 10.9 Å². The van der Waals surface area contributed by atoms with Crippen molar-refractivity contribution in [3.05, 3.63) is 42.1 Å². The van der Waals surface area contributed by atoms with Crippen molar-refractivity contribution in [2.24, 2.45) is 5.73 Å². The fourth-order valence-electron chi connectivity index (χ4n) is 1.99. The molecule has 0 radical (unpaired) electrons. The molecule has 19 heavy (non-hydrogen) atoms. The molecule has 1 aromatic carbocycles. The van der Waals surface area contributed by atoms with Crippen LogP contribution in [0.4, 0.5) is 13.2 Å². The third kappa shape index (κ3) is 2.17. The minimum atomic E-state index is -4.86. The van der Waals surface area contributed by atoms with Crippen LogP contribution in [0.1, 0.15) is 12.5 Å². The van der Waals surface area contributed by atoms with Crippen LogP contribution in [0.5, 0.6) is 0 Å². The standard InChI is InChI=1S/C13H13F3N2O/c1-8(17)12(19,13(14,15)16)10-5-4-9-3-2-6-18-11(9)7-10/h2-8,19H,17H2,1H3. The second-order valence-corrected chi connectivity index (χ2v) is 4.46. The SMILES string of the molecule is CC(N)C(O)(c1ccc2cccnc2c1)C(F)(F)F. The predicted molar refractivity (Wildman–Crippen MR) is 65.3 cm³/mol. The van der Waals surface area contributed by atoms with Gasteiger partial charge in [-0.15, -0.1) is 0 Å². The van der Waals surface area contributed by atoms with Gasteiger partial charge in [-0.3, -0.25) is 4.98 Å². The Morgan fingerprint density at radius 1 is 1.26 bits per heavy atom.